The van der Waals surface area contributed by atoms with E-state index >= 15 is 0 Å². The van der Waals surface area contributed by atoms with E-state index in [1.54, 1.807) is 0 Å². The van der Waals surface area contributed by atoms with Crippen molar-refractivity contribution in [1.29, 1.82) is 0 Å². The summed E-state index contributed by atoms with van der Waals surface area (Å²) in [6.07, 6.45) is 1.22. The molecule has 1 heterocycles. The summed E-state index contributed by atoms with van der Waals surface area (Å²) in [6, 6.07) is 16.0. The number of aliphatic hydroxyl groups is 1. The molecule has 0 bridgehead atoms. The summed E-state index contributed by atoms with van der Waals surface area (Å²) in [4.78, 5) is 4.64. The predicted octanol–water partition coefficient (Wildman–Crippen LogP) is 3.60. The minimum Gasteiger partial charge on any atom is -0.491 e. The number of imidazole rings is 1. The number of aromatic nitrogens is 2. The van der Waals surface area contributed by atoms with E-state index in [0.29, 0.717) is 6.54 Å². The second kappa shape index (κ2) is 7.49. The van der Waals surface area contributed by atoms with Gasteiger partial charge in [-0.25, -0.2) is 4.98 Å². The molecular formula is C20H24N2O2. The number of rotatable bonds is 7. The van der Waals surface area contributed by atoms with Crippen LogP contribution in [0.25, 0.3) is 11.0 Å². The van der Waals surface area contributed by atoms with Crippen LogP contribution in [-0.4, -0.2) is 27.4 Å². The third-order valence-corrected chi connectivity index (χ3v) is 4.19. The van der Waals surface area contributed by atoms with Crippen LogP contribution in [0, 0.1) is 0 Å². The zero-order valence-corrected chi connectivity index (χ0v) is 14.3. The van der Waals surface area contributed by atoms with Gasteiger partial charge in [-0.2, -0.15) is 0 Å². The molecule has 0 spiro atoms. The Kier molecular flexibility index (Phi) is 5.16. The Labute approximate surface area is 142 Å². The van der Waals surface area contributed by atoms with Crippen LogP contribution >= 0.6 is 0 Å². The quantitative estimate of drug-likeness (QED) is 0.722. The number of benzene rings is 2. The van der Waals surface area contributed by atoms with Gasteiger partial charge in [-0.05, 0) is 36.2 Å². The Morgan fingerprint density at radius 2 is 1.92 bits per heavy atom. The van der Waals surface area contributed by atoms with Gasteiger partial charge in [0.25, 0.3) is 0 Å². The number of aryl methyl sites for hydroxylation is 2. The summed E-state index contributed by atoms with van der Waals surface area (Å²) in [5.41, 5.74) is 3.26. The van der Waals surface area contributed by atoms with Gasteiger partial charge in [0, 0.05) is 6.42 Å². The standard InChI is InChI=1S/C20H24N2O2/c1-3-15-8-7-9-17(12-15)24-14-16(23)13-22-19-11-6-5-10-18(19)21-20(22)4-2/h5-12,16,23H,3-4,13-14H2,1-2H3. The maximum Gasteiger partial charge on any atom is 0.119 e. The molecule has 4 nitrogen and oxygen atoms in total. The van der Waals surface area contributed by atoms with Crippen molar-refractivity contribution in [2.24, 2.45) is 0 Å². The van der Waals surface area contributed by atoms with Crippen LogP contribution in [-0.2, 0) is 19.4 Å². The molecule has 0 amide bonds. The molecule has 0 radical (unpaired) electrons. The third kappa shape index (κ3) is 3.60. The summed E-state index contributed by atoms with van der Waals surface area (Å²) >= 11 is 0. The van der Waals surface area contributed by atoms with Gasteiger partial charge in [0.15, 0.2) is 0 Å². The lowest BCUT2D eigenvalue weighted by atomic mass is 10.2. The van der Waals surface area contributed by atoms with Gasteiger partial charge in [-0.15, -0.1) is 0 Å². The van der Waals surface area contributed by atoms with E-state index in [1.807, 2.05) is 42.5 Å². The van der Waals surface area contributed by atoms with Crippen LogP contribution in [0.15, 0.2) is 48.5 Å². The fourth-order valence-electron chi connectivity index (χ4n) is 2.91. The highest BCUT2D eigenvalue weighted by Crippen LogP contribution is 2.18. The predicted molar refractivity (Wildman–Crippen MR) is 96.4 cm³/mol. The van der Waals surface area contributed by atoms with Gasteiger partial charge in [0.2, 0.25) is 0 Å². The number of ether oxygens (including phenoxy) is 1. The highest BCUT2D eigenvalue weighted by molar-refractivity contribution is 5.75. The van der Waals surface area contributed by atoms with Crippen LogP contribution < -0.4 is 4.74 Å². The van der Waals surface area contributed by atoms with Crippen molar-refractivity contribution < 1.29 is 9.84 Å². The van der Waals surface area contributed by atoms with E-state index < -0.39 is 6.10 Å². The molecule has 0 saturated carbocycles. The molecule has 1 aromatic heterocycles. The minimum atomic E-state index is -0.585. The van der Waals surface area contributed by atoms with E-state index in [2.05, 4.69) is 29.5 Å². The van der Waals surface area contributed by atoms with Crippen molar-refractivity contribution in [3.63, 3.8) is 0 Å². The molecule has 0 aliphatic carbocycles. The molecule has 0 fully saturated rings. The summed E-state index contributed by atoms with van der Waals surface area (Å²) in [7, 11) is 0. The fourth-order valence-corrected chi connectivity index (χ4v) is 2.91. The first-order chi connectivity index (χ1) is 11.7. The van der Waals surface area contributed by atoms with Crippen LogP contribution in [0.1, 0.15) is 25.2 Å². The van der Waals surface area contributed by atoms with E-state index in [0.717, 1.165) is 35.4 Å². The lowest BCUT2D eigenvalue weighted by molar-refractivity contribution is 0.0927. The maximum absolute atomic E-state index is 10.4. The lowest BCUT2D eigenvalue weighted by Gasteiger charge is -2.15. The molecule has 1 unspecified atom stereocenters. The van der Waals surface area contributed by atoms with Crippen LogP contribution in [0.3, 0.4) is 0 Å². The Balaban J connectivity index is 1.69. The largest absolute Gasteiger partial charge is 0.491 e. The van der Waals surface area contributed by atoms with E-state index in [4.69, 9.17) is 4.74 Å². The van der Waals surface area contributed by atoms with Gasteiger partial charge < -0.3 is 14.4 Å². The van der Waals surface area contributed by atoms with Gasteiger partial charge in [-0.3, -0.25) is 0 Å². The zero-order chi connectivity index (χ0) is 16.9. The molecular weight excluding hydrogens is 300 g/mol. The van der Waals surface area contributed by atoms with Gasteiger partial charge in [0.05, 0.1) is 17.6 Å². The first-order valence-electron chi connectivity index (χ1n) is 8.55. The van der Waals surface area contributed by atoms with E-state index in [9.17, 15) is 5.11 Å². The topological polar surface area (TPSA) is 47.3 Å². The van der Waals surface area contributed by atoms with Crippen molar-refractivity contribution in [1.82, 2.24) is 9.55 Å². The van der Waals surface area contributed by atoms with Crippen molar-refractivity contribution in [3.05, 3.63) is 59.9 Å². The second-order valence-corrected chi connectivity index (χ2v) is 5.95. The monoisotopic (exact) mass is 324 g/mol. The fraction of sp³-hybridized carbons (Fsp3) is 0.350. The van der Waals surface area contributed by atoms with Crippen LogP contribution in [0.2, 0.25) is 0 Å². The van der Waals surface area contributed by atoms with Crippen molar-refractivity contribution in [3.8, 4) is 5.75 Å². The zero-order valence-electron chi connectivity index (χ0n) is 14.3. The van der Waals surface area contributed by atoms with Crippen LogP contribution in [0.5, 0.6) is 5.75 Å². The van der Waals surface area contributed by atoms with Gasteiger partial charge >= 0.3 is 0 Å². The Hall–Kier alpha value is -2.33. The highest BCUT2D eigenvalue weighted by Gasteiger charge is 2.13. The Morgan fingerprint density at radius 3 is 2.71 bits per heavy atom. The van der Waals surface area contributed by atoms with Crippen molar-refractivity contribution in [2.75, 3.05) is 6.61 Å². The average Bonchev–Trinajstić information content (AvgIpc) is 2.98. The maximum atomic E-state index is 10.4. The summed E-state index contributed by atoms with van der Waals surface area (Å²) < 4.78 is 7.85. The van der Waals surface area contributed by atoms with Crippen LogP contribution in [0.4, 0.5) is 0 Å². The first-order valence-corrected chi connectivity index (χ1v) is 8.55. The van der Waals surface area contributed by atoms with Crippen molar-refractivity contribution >= 4 is 11.0 Å². The molecule has 4 heteroatoms. The molecule has 1 N–H and O–H groups in total. The average molecular weight is 324 g/mol. The number of hydrogen-bond acceptors (Lipinski definition) is 3. The number of aliphatic hydroxyl groups excluding tert-OH is 1. The molecule has 3 rings (SSSR count). The molecule has 0 aliphatic rings. The van der Waals surface area contributed by atoms with Crippen molar-refractivity contribution in [2.45, 2.75) is 39.3 Å². The van der Waals surface area contributed by atoms with E-state index in [-0.39, 0.29) is 6.61 Å². The second-order valence-electron chi connectivity index (χ2n) is 5.95. The number of para-hydroxylation sites is 2. The third-order valence-electron chi connectivity index (χ3n) is 4.19. The number of hydrogen-bond donors (Lipinski definition) is 1. The highest BCUT2D eigenvalue weighted by atomic mass is 16.5. The smallest absolute Gasteiger partial charge is 0.119 e. The minimum absolute atomic E-state index is 0.267. The molecule has 2 aromatic carbocycles. The van der Waals surface area contributed by atoms with E-state index in [1.165, 1.54) is 5.56 Å². The molecule has 0 aliphatic heterocycles. The Morgan fingerprint density at radius 1 is 1.08 bits per heavy atom. The molecule has 1 atom stereocenters. The first kappa shape index (κ1) is 16.5. The molecule has 24 heavy (non-hydrogen) atoms. The SMILES string of the molecule is CCc1cccc(OCC(O)Cn2c(CC)nc3ccccc32)c1. The Bertz CT molecular complexity index is 810. The number of nitrogens with zero attached hydrogens (tertiary/aromatic N) is 2. The number of fused-ring (bicyclic) bond motifs is 1. The molecule has 3 aromatic rings. The molecule has 0 saturated heterocycles. The van der Waals surface area contributed by atoms with Gasteiger partial charge in [-0.1, -0.05) is 38.1 Å². The van der Waals surface area contributed by atoms with Gasteiger partial charge in [0.1, 0.15) is 24.3 Å². The summed E-state index contributed by atoms with van der Waals surface area (Å²) in [6.45, 7) is 4.95. The summed E-state index contributed by atoms with van der Waals surface area (Å²) in [5.74, 6) is 1.79. The molecule has 126 valence electrons. The summed E-state index contributed by atoms with van der Waals surface area (Å²) in [5, 5.41) is 10.4. The lowest BCUT2D eigenvalue weighted by Crippen LogP contribution is -2.24. The normalized spacial score (nSPS) is 12.5.